The van der Waals surface area contributed by atoms with Crippen molar-refractivity contribution in [2.75, 3.05) is 6.61 Å². The fraction of sp³-hybridized carbons (Fsp3) is 1.00. The van der Waals surface area contributed by atoms with E-state index in [1.807, 2.05) is 6.92 Å². The Morgan fingerprint density at radius 3 is 0.864 bits per heavy atom. The van der Waals surface area contributed by atoms with Crippen LogP contribution in [-0.4, -0.2) is 11.7 Å². The minimum atomic E-state index is -3.24. The molecule has 0 rings (SSSR count). The molecule has 0 aliphatic carbocycles. The van der Waals surface area contributed by atoms with Crippen molar-refractivity contribution in [1.29, 1.82) is 0 Å². The van der Waals surface area contributed by atoms with Crippen LogP contribution in [0.4, 0.5) is 0 Å². The minimum absolute atomic E-state index is 0. The first-order chi connectivity index (χ1) is 8.17. The van der Waals surface area contributed by atoms with Crippen molar-refractivity contribution < 1.29 is 170 Å². The van der Waals surface area contributed by atoms with Crippen LogP contribution in [0.1, 0.15) is 13.3 Å². The van der Waals surface area contributed by atoms with Gasteiger partial charge in [0.1, 0.15) is 8.62 Å². The van der Waals surface area contributed by atoms with Gasteiger partial charge >= 0.3 is 151 Å². The summed E-state index contributed by atoms with van der Waals surface area (Å²) in [4.78, 5) is 37.0. The third-order valence-electron chi connectivity index (χ3n) is 0.490. The molecule has 0 aromatic rings. The first-order valence-corrected chi connectivity index (χ1v) is 8.10. The van der Waals surface area contributed by atoms with Gasteiger partial charge in [0.05, 0.1) is 0 Å². The molecule has 22 heavy (non-hydrogen) atoms. The first-order valence-electron chi connectivity index (χ1n) is 3.71. The van der Waals surface area contributed by atoms with E-state index in [9.17, 15) is 37.8 Å². The Labute approximate surface area is 219 Å². The molecule has 0 bridgehead atoms. The van der Waals surface area contributed by atoms with E-state index in [0.717, 1.165) is 6.42 Å². The van der Waals surface area contributed by atoms with Gasteiger partial charge in [0, 0.05) is 6.61 Å². The van der Waals surface area contributed by atoms with Crippen molar-refractivity contribution in [3.05, 3.63) is 0 Å². The molecule has 0 aliphatic heterocycles. The molecule has 0 radical (unpaired) electrons. The number of hydrogen-bond donors (Lipinski definition) is 1. The van der Waals surface area contributed by atoms with Gasteiger partial charge in [0.15, 0.2) is 0 Å². The van der Waals surface area contributed by atoms with E-state index in [1.165, 1.54) is 0 Å². The third-order valence-corrected chi connectivity index (χ3v) is 2.62. The standard InChI is InChI=1S/C3H8O.4Na.2O5P2/c1-2-3-4;;;;;2*1-6(2)5-7(3)4/h4H,2-3H2,1H3;;;;;;/q;4*+1;;. The zero-order valence-electron chi connectivity index (χ0n) is 12.7. The average Bonchev–Trinajstić information content (AvgIpc) is 2.14. The SMILES string of the molecule is CCCO.O=[P+]([O-])O[P+](=O)[O-].O=[P+]([O-])O[P+](=O)[O-].[Na+].[Na+].[Na+].[Na+]. The fourth-order valence-corrected chi connectivity index (χ4v) is 0.980. The van der Waals surface area contributed by atoms with Gasteiger partial charge in [0.2, 0.25) is 0 Å². The summed E-state index contributed by atoms with van der Waals surface area (Å²) in [6.07, 6.45) is 0.875. The van der Waals surface area contributed by atoms with E-state index in [4.69, 9.17) is 5.11 Å². The second kappa shape index (κ2) is 36.1. The molecule has 106 valence electrons. The first kappa shape index (κ1) is 45.1. The molecule has 0 aromatic heterocycles. The van der Waals surface area contributed by atoms with Crippen molar-refractivity contribution in [2.24, 2.45) is 0 Å². The molecule has 1 N–H and O–H groups in total. The van der Waals surface area contributed by atoms with Gasteiger partial charge in [0.25, 0.3) is 0 Å². The summed E-state index contributed by atoms with van der Waals surface area (Å²) >= 11 is 0. The molecule has 0 saturated heterocycles. The van der Waals surface area contributed by atoms with E-state index >= 15 is 0 Å². The molecule has 19 heteroatoms. The molecule has 0 fully saturated rings. The molecule has 4 unspecified atom stereocenters. The van der Waals surface area contributed by atoms with Crippen LogP contribution < -0.4 is 138 Å². The summed E-state index contributed by atoms with van der Waals surface area (Å²) in [5.74, 6) is 0. The van der Waals surface area contributed by atoms with Crippen LogP contribution in [0.5, 0.6) is 0 Å². The van der Waals surface area contributed by atoms with Crippen molar-refractivity contribution in [2.45, 2.75) is 13.3 Å². The Morgan fingerprint density at radius 2 is 0.864 bits per heavy atom. The molecule has 0 aromatic carbocycles. The van der Waals surface area contributed by atoms with Gasteiger partial charge in [-0.2, -0.15) is 0 Å². The monoisotopic (exact) mass is 436 g/mol. The van der Waals surface area contributed by atoms with E-state index in [2.05, 4.69) is 8.62 Å². The summed E-state index contributed by atoms with van der Waals surface area (Å²) in [5, 5.41) is 7.88. The maximum absolute atomic E-state index is 9.24. The van der Waals surface area contributed by atoms with Gasteiger partial charge < -0.3 is 24.7 Å². The van der Waals surface area contributed by atoms with Gasteiger partial charge in [-0.3, -0.25) is 0 Å². The summed E-state index contributed by atoms with van der Waals surface area (Å²) in [6, 6.07) is 0. The van der Waals surface area contributed by atoms with Crippen molar-refractivity contribution >= 4 is 33.0 Å². The van der Waals surface area contributed by atoms with Gasteiger partial charge in [-0.05, 0) is 24.7 Å². The average molecular weight is 436 g/mol. The molecule has 4 atom stereocenters. The van der Waals surface area contributed by atoms with Gasteiger partial charge in [-0.15, -0.1) is 0 Å². The summed E-state index contributed by atoms with van der Waals surface area (Å²) in [7, 11) is -12.9. The maximum Gasteiger partial charge on any atom is 1.00 e. The van der Waals surface area contributed by atoms with Crippen LogP contribution >= 0.6 is 33.0 Å². The second-order valence-electron chi connectivity index (χ2n) is 1.78. The van der Waals surface area contributed by atoms with Crippen LogP contribution in [0.2, 0.25) is 0 Å². The quantitative estimate of drug-likeness (QED) is 0.317. The molecule has 0 heterocycles. The summed E-state index contributed by atoms with van der Waals surface area (Å²) in [5.41, 5.74) is 0. The number of aliphatic hydroxyl groups is 1. The van der Waals surface area contributed by atoms with Crippen molar-refractivity contribution in [3.8, 4) is 0 Å². The Balaban J connectivity index is -0.0000000290. The zero-order valence-corrected chi connectivity index (χ0v) is 24.3. The molecule has 0 aliphatic rings. The van der Waals surface area contributed by atoms with E-state index in [1.54, 1.807) is 0 Å². The van der Waals surface area contributed by atoms with Crippen LogP contribution in [-0.2, 0) is 26.9 Å². The summed E-state index contributed by atoms with van der Waals surface area (Å²) in [6.45, 7) is 2.25. The van der Waals surface area contributed by atoms with Gasteiger partial charge in [-0.25, -0.2) is 0 Å². The topological polar surface area (TPSA) is 199 Å². The van der Waals surface area contributed by atoms with Crippen molar-refractivity contribution in [3.63, 3.8) is 0 Å². The largest absolute Gasteiger partial charge is 1.00 e. The molecule has 0 spiro atoms. The molecule has 0 amide bonds. The van der Waals surface area contributed by atoms with Crippen LogP contribution in [0.3, 0.4) is 0 Å². The maximum atomic E-state index is 9.24. The summed E-state index contributed by atoms with van der Waals surface area (Å²) < 4.78 is 43.3. The minimum Gasteiger partial charge on any atom is -0.563 e. The predicted octanol–water partition coefficient (Wildman–Crippen LogP) is -13.5. The molecule has 11 nitrogen and oxygen atoms in total. The smallest absolute Gasteiger partial charge is 0.563 e. The Morgan fingerprint density at radius 1 is 0.727 bits per heavy atom. The molecular weight excluding hydrogens is 428 g/mol. The van der Waals surface area contributed by atoms with Crippen LogP contribution in [0, 0.1) is 0 Å². The van der Waals surface area contributed by atoms with E-state index in [0.29, 0.717) is 6.61 Å². The Kier molecular flexibility index (Phi) is 74.0. The Hall–Kier alpha value is 4.12. The predicted molar refractivity (Wildman–Crippen MR) is 50.0 cm³/mol. The fourth-order valence-electron chi connectivity index (χ4n) is 0.109. The normalized spacial score (nSPS) is 9.91. The van der Waals surface area contributed by atoms with E-state index in [-0.39, 0.29) is 118 Å². The zero-order chi connectivity index (χ0) is 15.1. The molecular formula is C3H8Na4O11P4+4. The number of aliphatic hydroxyl groups excluding tert-OH is 1. The molecule has 0 saturated carbocycles. The van der Waals surface area contributed by atoms with Crippen molar-refractivity contribution in [1.82, 2.24) is 0 Å². The Bertz CT molecular complexity index is 241. The number of rotatable bonds is 5. The van der Waals surface area contributed by atoms with Crippen LogP contribution in [0.15, 0.2) is 0 Å². The van der Waals surface area contributed by atoms with Gasteiger partial charge in [-0.1, -0.05) is 6.92 Å². The second-order valence-corrected chi connectivity index (χ2v) is 4.88. The van der Waals surface area contributed by atoms with Crippen LogP contribution in [0.25, 0.3) is 0 Å². The van der Waals surface area contributed by atoms with E-state index < -0.39 is 33.0 Å². The number of hydrogen-bond acceptors (Lipinski definition) is 11. The third kappa shape index (κ3) is 74.9.